The topological polar surface area (TPSA) is 48.1 Å². The Morgan fingerprint density at radius 3 is 2.55 bits per heavy atom. The molecule has 0 aliphatic carbocycles. The molecule has 0 aromatic carbocycles. The van der Waals surface area contributed by atoms with Crippen molar-refractivity contribution in [1.29, 1.82) is 0 Å². The second-order valence-electron chi connectivity index (χ2n) is 2.48. The molecule has 11 heavy (non-hydrogen) atoms. The van der Waals surface area contributed by atoms with Gasteiger partial charge in [0.05, 0.1) is 12.8 Å². The van der Waals surface area contributed by atoms with Crippen molar-refractivity contribution in [2.45, 2.75) is 13.8 Å². The molecule has 60 valence electrons. The Balaban J connectivity index is 3.25. The van der Waals surface area contributed by atoms with E-state index in [0.717, 1.165) is 17.0 Å². The van der Waals surface area contributed by atoms with Crippen LogP contribution in [0.3, 0.4) is 0 Å². The molecule has 0 amide bonds. The first-order valence-electron chi connectivity index (χ1n) is 3.43. The van der Waals surface area contributed by atoms with Crippen molar-refractivity contribution >= 4 is 5.82 Å². The average molecular weight is 152 g/mol. The second kappa shape index (κ2) is 2.78. The van der Waals surface area contributed by atoms with Gasteiger partial charge in [0.2, 0.25) is 0 Å². The Morgan fingerprint density at radius 1 is 1.45 bits per heavy atom. The molecule has 2 N–H and O–H groups in total. The molecule has 0 saturated carbocycles. The van der Waals surface area contributed by atoms with E-state index in [9.17, 15) is 0 Å². The molecule has 3 heteroatoms. The average Bonchev–Trinajstić information content (AvgIpc) is 1.85. The van der Waals surface area contributed by atoms with Crippen LogP contribution in [0.5, 0.6) is 5.75 Å². The van der Waals surface area contributed by atoms with Crippen molar-refractivity contribution in [3.63, 3.8) is 0 Å². The van der Waals surface area contributed by atoms with Gasteiger partial charge >= 0.3 is 0 Å². The van der Waals surface area contributed by atoms with E-state index in [1.807, 2.05) is 13.8 Å². The van der Waals surface area contributed by atoms with Crippen LogP contribution in [-0.2, 0) is 0 Å². The van der Waals surface area contributed by atoms with Crippen LogP contribution in [0, 0.1) is 13.8 Å². The number of anilines is 1. The summed E-state index contributed by atoms with van der Waals surface area (Å²) >= 11 is 0. The molecule has 0 bridgehead atoms. The maximum absolute atomic E-state index is 5.52. The number of pyridine rings is 1. The van der Waals surface area contributed by atoms with Crippen LogP contribution in [-0.4, -0.2) is 12.1 Å². The van der Waals surface area contributed by atoms with Gasteiger partial charge in [-0.3, -0.25) is 0 Å². The minimum Gasteiger partial charge on any atom is -0.495 e. The summed E-state index contributed by atoms with van der Waals surface area (Å²) in [6.45, 7) is 3.83. The molecule has 1 rings (SSSR count). The smallest absolute Gasteiger partial charge is 0.143 e. The minimum atomic E-state index is 0.542. The number of rotatable bonds is 1. The van der Waals surface area contributed by atoms with E-state index in [1.165, 1.54) is 0 Å². The lowest BCUT2D eigenvalue weighted by atomic mass is 10.2. The Kier molecular flexibility index (Phi) is 1.98. The van der Waals surface area contributed by atoms with Crippen LogP contribution in [0.1, 0.15) is 11.3 Å². The van der Waals surface area contributed by atoms with E-state index in [-0.39, 0.29) is 0 Å². The summed E-state index contributed by atoms with van der Waals surface area (Å²) in [5.41, 5.74) is 7.38. The van der Waals surface area contributed by atoms with Gasteiger partial charge in [0.15, 0.2) is 0 Å². The van der Waals surface area contributed by atoms with Gasteiger partial charge in [-0.1, -0.05) is 0 Å². The fourth-order valence-electron chi connectivity index (χ4n) is 1.16. The predicted octanol–water partition coefficient (Wildman–Crippen LogP) is 1.29. The molecular weight excluding hydrogens is 140 g/mol. The van der Waals surface area contributed by atoms with Crippen molar-refractivity contribution in [1.82, 2.24) is 4.98 Å². The Hall–Kier alpha value is -1.25. The number of aryl methyl sites for hydroxylation is 2. The zero-order valence-corrected chi connectivity index (χ0v) is 7.01. The second-order valence-corrected chi connectivity index (χ2v) is 2.48. The highest BCUT2D eigenvalue weighted by atomic mass is 16.5. The lowest BCUT2D eigenvalue weighted by Gasteiger charge is -2.07. The quantitative estimate of drug-likeness (QED) is 0.659. The van der Waals surface area contributed by atoms with E-state index in [0.29, 0.717) is 5.82 Å². The maximum Gasteiger partial charge on any atom is 0.143 e. The highest BCUT2D eigenvalue weighted by Gasteiger charge is 2.03. The molecule has 0 radical (unpaired) electrons. The molecule has 0 aliphatic rings. The van der Waals surface area contributed by atoms with Crippen LogP contribution in [0.15, 0.2) is 6.07 Å². The number of hydrogen-bond donors (Lipinski definition) is 1. The van der Waals surface area contributed by atoms with Crippen molar-refractivity contribution < 1.29 is 4.74 Å². The first kappa shape index (κ1) is 7.85. The van der Waals surface area contributed by atoms with Crippen LogP contribution >= 0.6 is 0 Å². The molecule has 1 aromatic heterocycles. The first-order chi connectivity index (χ1) is 5.15. The van der Waals surface area contributed by atoms with Gasteiger partial charge in [0.25, 0.3) is 0 Å². The molecule has 3 nitrogen and oxygen atoms in total. The number of hydrogen-bond acceptors (Lipinski definition) is 3. The largest absolute Gasteiger partial charge is 0.495 e. The van der Waals surface area contributed by atoms with Gasteiger partial charge in [-0.2, -0.15) is 0 Å². The van der Waals surface area contributed by atoms with Crippen molar-refractivity contribution in [3.05, 3.63) is 17.3 Å². The predicted molar refractivity (Wildman–Crippen MR) is 44.7 cm³/mol. The highest BCUT2D eigenvalue weighted by Crippen LogP contribution is 2.21. The summed E-state index contributed by atoms with van der Waals surface area (Å²) < 4.78 is 5.11. The third-order valence-electron chi connectivity index (χ3n) is 1.55. The van der Waals surface area contributed by atoms with E-state index in [4.69, 9.17) is 10.5 Å². The van der Waals surface area contributed by atoms with E-state index in [1.54, 1.807) is 13.2 Å². The summed E-state index contributed by atoms with van der Waals surface area (Å²) in [7, 11) is 1.63. The minimum absolute atomic E-state index is 0.542. The monoisotopic (exact) mass is 152 g/mol. The fraction of sp³-hybridized carbons (Fsp3) is 0.375. The third kappa shape index (κ3) is 1.42. The van der Waals surface area contributed by atoms with E-state index >= 15 is 0 Å². The Labute approximate surface area is 66.2 Å². The zero-order chi connectivity index (χ0) is 8.43. The number of nitrogens with two attached hydrogens (primary N) is 1. The summed E-state index contributed by atoms with van der Waals surface area (Å²) in [6, 6.07) is 1.80. The van der Waals surface area contributed by atoms with Gasteiger partial charge < -0.3 is 10.5 Å². The lowest BCUT2D eigenvalue weighted by Crippen LogP contribution is -1.98. The molecule has 0 unspecified atom stereocenters. The fourth-order valence-corrected chi connectivity index (χ4v) is 1.16. The summed E-state index contributed by atoms with van der Waals surface area (Å²) in [5.74, 6) is 1.36. The molecule has 0 saturated heterocycles. The van der Waals surface area contributed by atoms with Gasteiger partial charge in [-0.15, -0.1) is 0 Å². The number of nitrogen functional groups attached to an aromatic ring is 1. The highest BCUT2D eigenvalue weighted by molar-refractivity contribution is 5.44. The van der Waals surface area contributed by atoms with Crippen LogP contribution in [0.2, 0.25) is 0 Å². The van der Waals surface area contributed by atoms with Crippen LogP contribution in [0.25, 0.3) is 0 Å². The number of methoxy groups -OCH3 is 1. The zero-order valence-electron chi connectivity index (χ0n) is 7.01. The van der Waals surface area contributed by atoms with Crippen LogP contribution < -0.4 is 10.5 Å². The number of aromatic nitrogens is 1. The van der Waals surface area contributed by atoms with Gasteiger partial charge in [0.1, 0.15) is 11.6 Å². The van der Waals surface area contributed by atoms with Gasteiger partial charge in [-0.25, -0.2) is 4.98 Å². The van der Waals surface area contributed by atoms with Crippen molar-refractivity contribution in [2.24, 2.45) is 0 Å². The Bertz CT molecular complexity index is 248. The molecule has 1 heterocycles. The number of nitrogens with zero attached hydrogens (tertiary/aromatic N) is 1. The Morgan fingerprint density at radius 2 is 2.09 bits per heavy atom. The van der Waals surface area contributed by atoms with Gasteiger partial charge in [0, 0.05) is 0 Å². The van der Waals surface area contributed by atoms with Crippen LogP contribution in [0.4, 0.5) is 5.82 Å². The summed E-state index contributed by atoms with van der Waals surface area (Å²) in [4.78, 5) is 4.06. The molecule has 0 aliphatic heterocycles. The molecule has 0 fully saturated rings. The van der Waals surface area contributed by atoms with E-state index in [2.05, 4.69) is 4.98 Å². The van der Waals surface area contributed by atoms with Gasteiger partial charge in [-0.05, 0) is 25.5 Å². The van der Waals surface area contributed by atoms with Crippen molar-refractivity contribution in [2.75, 3.05) is 12.8 Å². The van der Waals surface area contributed by atoms with E-state index < -0.39 is 0 Å². The standard InChI is InChI=1S/C8H12N2O/c1-5-4-7(9)10-6(2)8(5)11-3/h4H,1-3H3,(H2,9,10). The SMILES string of the molecule is COc1c(C)cc(N)nc1C. The molecular formula is C8H12N2O. The summed E-state index contributed by atoms with van der Waals surface area (Å²) in [5, 5.41) is 0. The number of ether oxygens (including phenoxy) is 1. The molecule has 0 spiro atoms. The van der Waals surface area contributed by atoms with Crippen molar-refractivity contribution in [3.8, 4) is 5.75 Å². The molecule has 0 atom stereocenters. The normalized spacial score (nSPS) is 9.73. The summed E-state index contributed by atoms with van der Waals surface area (Å²) in [6.07, 6.45) is 0. The molecule has 1 aromatic rings. The maximum atomic E-state index is 5.52. The first-order valence-corrected chi connectivity index (χ1v) is 3.43. The third-order valence-corrected chi connectivity index (χ3v) is 1.55. The lowest BCUT2D eigenvalue weighted by molar-refractivity contribution is 0.406.